The molecule has 2 rings (SSSR count). The van der Waals surface area contributed by atoms with Crippen molar-refractivity contribution in [3.05, 3.63) is 51.3 Å². The molecule has 0 aliphatic rings. The molecule has 0 atom stereocenters. The van der Waals surface area contributed by atoms with Crippen LogP contribution in [-0.2, 0) is 6.42 Å². The van der Waals surface area contributed by atoms with Gasteiger partial charge >= 0.3 is 0 Å². The van der Waals surface area contributed by atoms with Gasteiger partial charge in [-0.05, 0) is 44.0 Å². The number of hydrogen-bond donors (Lipinski definition) is 0. The number of carbonyl (C=O) groups is 1. The molecular weight excluding hydrogens is 283 g/mol. The topological polar surface area (TPSA) is 34.9 Å². The quantitative estimate of drug-likeness (QED) is 0.855. The Bertz CT molecular complexity index is 620. The van der Waals surface area contributed by atoms with Crippen molar-refractivity contribution in [3.8, 4) is 0 Å². The highest BCUT2D eigenvalue weighted by molar-refractivity contribution is 6.35. The van der Waals surface area contributed by atoms with Gasteiger partial charge in [-0.2, -0.15) is 5.10 Å². The highest BCUT2D eigenvalue weighted by Crippen LogP contribution is 2.22. The van der Waals surface area contributed by atoms with Gasteiger partial charge in [0.2, 0.25) is 5.91 Å². The molecule has 0 aliphatic heterocycles. The highest BCUT2D eigenvalue weighted by Gasteiger charge is 2.11. The van der Waals surface area contributed by atoms with Crippen molar-refractivity contribution in [1.82, 2.24) is 9.78 Å². The third kappa shape index (κ3) is 3.37. The molecule has 2 aromatic rings. The van der Waals surface area contributed by atoms with Gasteiger partial charge in [0.15, 0.2) is 0 Å². The van der Waals surface area contributed by atoms with Gasteiger partial charge in [-0.3, -0.25) is 4.79 Å². The van der Waals surface area contributed by atoms with E-state index in [1.54, 1.807) is 12.1 Å². The van der Waals surface area contributed by atoms with Crippen LogP contribution in [0, 0.1) is 13.8 Å². The molecule has 0 fully saturated rings. The van der Waals surface area contributed by atoms with Crippen molar-refractivity contribution < 1.29 is 4.79 Å². The first-order valence-corrected chi connectivity index (χ1v) is 6.73. The van der Waals surface area contributed by atoms with Gasteiger partial charge in [-0.25, -0.2) is 4.68 Å². The molecule has 5 heteroatoms. The smallest absolute Gasteiger partial charge is 0.247 e. The maximum atomic E-state index is 12.1. The van der Waals surface area contributed by atoms with E-state index in [0.29, 0.717) is 22.9 Å². The summed E-state index contributed by atoms with van der Waals surface area (Å²) in [5.41, 5.74) is 2.61. The first kappa shape index (κ1) is 14.1. The van der Waals surface area contributed by atoms with Crippen molar-refractivity contribution in [3.63, 3.8) is 0 Å². The van der Waals surface area contributed by atoms with Crippen LogP contribution in [0.25, 0.3) is 0 Å². The Balaban J connectivity index is 2.06. The summed E-state index contributed by atoms with van der Waals surface area (Å²) in [6.07, 6.45) is 0.941. The maximum Gasteiger partial charge on any atom is 0.247 e. The van der Waals surface area contributed by atoms with Crippen LogP contribution in [0.3, 0.4) is 0 Å². The summed E-state index contributed by atoms with van der Waals surface area (Å²) in [5.74, 6) is -0.0309. The maximum absolute atomic E-state index is 12.1. The Kier molecular flexibility index (Phi) is 4.27. The number of aryl methyl sites for hydroxylation is 3. The lowest BCUT2D eigenvalue weighted by Gasteiger charge is -2.05. The molecule has 0 saturated heterocycles. The molecule has 19 heavy (non-hydrogen) atoms. The van der Waals surface area contributed by atoms with Crippen molar-refractivity contribution in [2.45, 2.75) is 26.7 Å². The van der Waals surface area contributed by atoms with Gasteiger partial charge in [-0.1, -0.05) is 29.3 Å². The normalized spacial score (nSPS) is 10.7. The fourth-order valence-electron chi connectivity index (χ4n) is 1.95. The Morgan fingerprint density at radius 1 is 1.26 bits per heavy atom. The lowest BCUT2D eigenvalue weighted by Crippen LogP contribution is -2.14. The van der Waals surface area contributed by atoms with Crippen LogP contribution in [-0.4, -0.2) is 15.7 Å². The number of carbonyl (C=O) groups excluding carboxylic acids is 1. The zero-order chi connectivity index (χ0) is 14.0. The highest BCUT2D eigenvalue weighted by atomic mass is 35.5. The lowest BCUT2D eigenvalue weighted by molar-refractivity contribution is 0.0884. The van der Waals surface area contributed by atoms with Gasteiger partial charge in [0.1, 0.15) is 0 Å². The molecular formula is C14H14Cl2N2O. The van der Waals surface area contributed by atoms with Crippen LogP contribution in [0.15, 0.2) is 24.3 Å². The fourth-order valence-corrected chi connectivity index (χ4v) is 2.46. The Labute approximate surface area is 122 Å². The van der Waals surface area contributed by atoms with E-state index in [4.69, 9.17) is 23.2 Å². The molecule has 0 N–H and O–H groups in total. The molecule has 3 nitrogen and oxygen atoms in total. The van der Waals surface area contributed by atoms with E-state index >= 15 is 0 Å². The molecule has 100 valence electrons. The molecule has 1 aromatic carbocycles. The summed E-state index contributed by atoms with van der Waals surface area (Å²) >= 11 is 11.9. The standard InChI is InChI=1S/C14H14Cl2N2O/c1-9-7-10(2)18(17-9)14(19)6-4-11-3-5-12(15)8-13(11)16/h3,5,7-8H,4,6H2,1-2H3. The van der Waals surface area contributed by atoms with E-state index in [1.165, 1.54) is 4.68 Å². The first-order valence-electron chi connectivity index (χ1n) is 5.98. The zero-order valence-corrected chi connectivity index (χ0v) is 12.3. The summed E-state index contributed by atoms with van der Waals surface area (Å²) in [7, 11) is 0. The van der Waals surface area contributed by atoms with Crippen molar-refractivity contribution in [2.24, 2.45) is 0 Å². The largest absolute Gasteiger partial charge is 0.273 e. The van der Waals surface area contributed by atoms with E-state index in [9.17, 15) is 4.79 Å². The minimum Gasteiger partial charge on any atom is -0.273 e. The number of nitrogens with zero attached hydrogens (tertiary/aromatic N) is 2. The number of halogens is 2. The first-order chi connectivity index (χ1) is 8.97. The van der Waals surface area contributed by atoms with E-state index in [0.717, 1.165) is 17.0 Å². The fraction of sp³-hybridized carbons (Fsp3) is 0.286. The van der Waals surface area contributed by atoms with Gasteiger partial charge in [0, 0.05) is 22.2 Å². The number of aromatic nitrogens is 2. The number of rotatable bonds is 3. The molecule has 1 aromatic heterocycles. The Morgan fingerprint density at radius 3 is 2.58 bits per heavy atom. The third-order valence-corrected chi connectivity index (χ3v) is 3.46. The minimum atomic E-state index is -0.0309. The Hall–Kier alpha value is -1.32. The van der Waals surface area contributed by atoms with Gasteiger partial charge in [0.25, 0.3) is 0 Å². The second-order valence-corrected chi connectivity index (χ2v) is 5.31. The third-order valence-electron chi connectivity index (χ3n) is 2.87. The summed E-state index contributed by atoms with van der Waals surface area (Å²) in [6, 6.07) is 7.19. The lowest BCUT2D eigenvalue weighted by atomic mass is 10.1. The molecule has 0 unspecified atom stereocenters. The summed E-state index contributed by atoms with van der Waals surface area (Å²) in [4.78, 5) is 12.1. The monoisotopic (exact) mass is 296 g/mol. The van der Waals surface area contributed by atoms with Crippen LogP contribution in [0.1, 0.15) is 28.2 Å². The number of benzene rings is 1. The van der Waals surface area contributed by atoms with E-state index in [1.807, 2.05) is 26.0 Å². The summed E-state index contributed by atoms with van der Waals surface area (Å²) in [5, 5.41) is 5.36. The predicted molar refractivity (Wildman–Crippen MR) is 77.1 cm³/mol. The van der Waals surface area contributed by atoms with Crippen molar-refractivity contribution in [2.75, 3.05) is 0 Å². The second-order valence-electron chi connectivity index (χ2n) is 4.47. The van der Waals surface area contributed by atoms with E-state index in [2.05, 4.69) is 5.10 Å². The van der Waals surface area contributed by atoms with Crippen LogP contribution >= 0.6 is 23.2 Å². The molecule has 0 radical (unpaired) electrons. The van der Waals surface area contributed by atoms with Crippen molar-refractivity contribution >= 4 is 29.1 Å². The minimum absolute atomic E-state index is 0.0309. The SMILES string of the molecule is Cc1cc(C)n(C(=O)CCc2ccc(Cl)cc2Cl)n1. The average Bonchev–Trinajstić information content (AvgIpc) is 2.67. The molecule has 0 spiro atoms. The van der Waals surface area contributed by atoms with E-state index < -0.39 is 0 Å². The van der Waals surface area contributed by atoms with Gasteiger partial charge in [0.05, 0.1) is 5.69 Å². The van der Waals surface area contributed by atoms with Crippen LogP contribution in [0.5, 0.6) is 0 Å². The predicted octanol–water partition coefficient (Wildman–Crippen LogP) is 4.08. The molecule has 1 heterocycles. The molecule has 0 aliphatic carbocycles. The molecule has 0 bridgehead atoms. The Morgan fingerprint density at radius 2 is 2.00 bits per heavy atom. The van der Waals surface area contributed by atoms with Crippen molar-refractivity contribution in [1.29, 1.82) is 0 Å². The average molecular weight is 297 g/mol. The number of hydrogen-bond acceptors (Lipinski definition) is 2. The van der Waals surface area contributed by atoms with Crippen LogP contribution in [0.2, 0.25) is 10.0 Å². The molecule has 0 amide bonds. The molecule has 0 saturated carbocycles. The zero-order valence-electron chi connectivity index (χ0n) is 10.8. The second kappa shape index (κ2) is 5.76. The van der Waals surface area contributed by atoms with Gasteiger partial charge < -0.3 is 0 Å². The van der Waals surface area contributed by atoms with Crippen LogP contribution in [0.4, 0.5) is 0 Å². The van der Waals surface area contributed by atoms with E-state index in [-0.39, 0.29) is 5.91 Å². The van der Waals surface area contributed by atoms with Gasteiger partial charge in [-0.15, -0.1) is 0 Å². The van der Waals surface area contributed by atoms with Crippen LogP contribution < -0.4 is 0 Å². The summed E-state index contributed by atoms with van der Waals surface area (Å²) < 4.78 is 1.44. The summed E-state index contributed by atoms with van der Waals surface area (Å²) in [6.45, 7) is 3.74.